The van der Waals surface area contributed by atoms with Crippen LogP contribution in [-0.4, -0.2) is 154 Å². The normalized spacial score (nSPS) is 41.7. The number of hydrogen-bond acceptors (Lipinski definition) is 9. The molecule has 4 heterocycles. The van der Waals surface area contributed by atoms with Gasteiger partial charge in [0.05, 0.1) is 36.9 Å². The Kier molecular flexibility index (Phi) is 12.4. The van der Waals surface area contributed by atoms with Gasteiger partial charge in [-0.2, -0.15) is 0 Å². The van der Waals surface area contributed by atoms with Gasteiger partial charge in [-0.25, -0.2) is 0 Å². The highest BCUT2D eigenvalue weighted by atomic mass is 16.7. The molecule has 4 saturated heterocycles. The fraction of sp³-hybridized carbons (Fsp3) is 0.971. The van der Waals surface area contributed by atoms with Crippen molar-refractivity contribution in [2.45, 2.75) is 110 Å². The van der Waals surface area contributed by atoms with Crippen LogP contribution in [0.1, 0.15) is 67.2 Å². The van der Waals surface area contributed by atoms with Crippen molar-refractivity contribution in [3.63, 3.8) is 0 Å². The Labute approximate surface area is 274 Å². The number of aliphatic hydroxyl groups excluding tert-OH is 1. The Hall–Kier alpha value is -0.850. The highest BCUT2D eigenvalue weighted by Crippen LogP contribution is 2.40. The third-order valence-corrected chi connectivity index (χ3v) is 11.2. The van der Waals surface area contributed by atoms with E-state index in [4.69, 9.17) is 18.9 Å². The number of likely N-dealkylation sites (tertiary alicyclic amines) is 2. The molecule has 4 aliphatic heterocycles. The van der Waals surface area contributed by atoms with Gasteiger partial charge in [0.2, 0.25) is 5.91 Å². The Morgan fingerprint density at radius 1 is 1.02 bits per heavy atom. The highest BCUT2D eigenvalue weighted by Gasteiger charge is 2.48. The number of hydrogen-bond donors (Lipinski definition) is 1. The molecular weight excluding hydrogens is 572 g/mol. The number of rotatable bonds is 6. The average Bonchev–Trinajstić information content (AvgIpc) is 3.36. The third-order valence-electron chi connectivity index (χ3n) is 11.2. The minimum Gasteiger partial charge on any atom is -0.386 e. The van der Waals surface area contributed by atoms with Crippen LogP contribution in [0, 0.1) is 29.1 Å². The predicted molar refractivity (Wildman–Crippen MR) is 177 cm³/mol. The van der Waals surface area contributed by atoms with Crippen molar-refractivity contribution in [3.05, 3.63) is 0 Å². The van der Waals surface area contributed by atoms with E-state index in [1.54, 1.807) is 7.11 Å². The Balaban J connectivity index is 1.50. The number of ether oxygens (including phenoxy) is 4. The number of aliphatic hydroxyl groups is 1. The van der Waals surface area contributed by atoms with Crippen molar-refractivity contribution in [2.75, 3.05) is 81.2 Å². The van der Waals surface area contributed by atoms with E-state index in [1.165, 1.54) is 0 Å². The lowest BCUT2D eigenvalue weighted by molar-refractivity contribution is -0.298. The van der Waals surface area contributed by atoms with Crippen molar-refractivity contribution in [3.8, 4) is 0 Å². The fourth-order valence-corrected chi connectivity index (χ4v) is 8.83. The molecule has 1 N–H and O–H groups in total. The summed E-state index contributed by atoms with van der Waals surface area (Å²) in [4.78, 5) is 22.0. The summed E-state index contributed by atoms with van der Waals surface area (Å²) in [5.74, 6) is 1.31. The summed E-state index contributed by atoms with van der Waals surface area (Å²) >= 11 is 0. The zero-order valence-corrected chi connectivity index (χ0v) is 30.3. The molecule has 4 fully saturated rings. The molecule has 0 radical (unpaired) electrons. The van der Waals surface area contributed by atoms with Crippen LogP contribution in [0.3, 0.4) is 0 Å². The van der Waals surface area contributed by atoms with E-state index in [1.807, 2.05) is 14.1 Å². The minimum absolute atomic E-state index is 0.0174. The first kappa shape index (κ1) is 37.0. The van der Waals surface area contributed by atoms with Gasteiger partial charge in [0, 0.05) is 51.3 Å². The Bertz CT molecular complexity index is 962. The topological polar surface area (TPSA) is 87.2 Å². The highest BCUT2D eigenvalue weighted by molar-refractivity contribution is 5.80. The molecular formula is C35H66N4O6. The van der Waals surface area contributed by atoms with Gasteiger partial charge in [-0.05, 0) is 91.5 Å². The molecule has 0 aliphatic carbocycles. The van der Waals surface area contributed by atoms with E-state index < -0.39 is 18.0 Å². The first-order valence-corrected chi connectivity index (χ1v) is 17.5. The smallest absolute Gasteiger partial charge is 0.227 e. The maximum Gasteiger partial charge on any atom is 0.227 e. The van der Waals surface area contributed by atoms with E-state index >= 15 is 0 Å². The number of methoxy groups -OCH3 is 1. The zero-order chi connectivity index (χ0) is 33.3. The molecule has 0 unspecified atom stereocenters. The molecule has 0 aromatic rings. The van der Waals surface area contributed by atoms with E-state index in [2.05, 4.69) is 75.2 Å². The summed E-state index contributed by atoms with van der Waals surface area (Å²) in [7, 11) is 10.1. The van der Waals surface area contributed by atoms with E-state index in [9.17, 15) is 9.90 Å². The van der Waals surface area contributed by atoms with Gasteiger partial charge >= 0.3 is 0 Å². The summed E-state index contributed by atoms with van der Waals surface area (Å²) in [6, 6.07) is 0.206. The first-order chi connectivity index (χ1) is 21.0. The lowest BCUT2D eigenvalue weighted by atomic mass is 9.75. The Morgan fingerprint density at radius 3 is 2.31 bits per heavy atom. The molecule has 0 aromatic heterocycles. The zero-order valence-electron chi connectivity index (χ0n) is 30.3. The van der Waals surface area contributed by atoms with Gasteiger partial charge in [-0.3, -0.25) is 4.79 Å². The predicted octanol–water partition coefficient (Wildman–Crippen LogP) is 3.02. The van der Waals surface area contributed by atoms with Crippen LogP contribution in [-0.2, 0) is 23.7 Å². The van der Waals surface area contributed by atoms with E-state index in [0.717, 1.165) is 58.4 Å². The van der Waals surface area contributed by atoms with Crippen LogP contribution in [0.4, 0.5) is 0 Å². The van der Waals surface area contributed by atoms with Crippen molar-refractivity contribution in [1.82, 2.24) is 19.6 Å². The maximum atomic E-state index is 13.2. The molecule has 0 spiro atoms. The molecule has 0 bridgehead atoms. The largest absolute Gasteiger partial charge is 0.386 e. The van der Waals surface area contributed by atoms with Crippen LogP contribution in [0.2, 0.25) is 0 Å². The average molecular weight is 639 g/mol. The second-order valence-corrected chi connectivity index (χ2v) is 16.6. The SMILES string of the molecule is CO[C@]1(C)C[C@@H](C)CN(C)[C@H](C2CN(C(=O)[C@H]3CCN(C)C3)C2)COCC(C)(C)C[C@@H](C)[C@H]1O[C@@H]1O[C@H](C)C[C@H](N(C)C)[C@H]1O. The molecule has 45 heavy (non-hydrogen) atoms. The van der Waals surface area contributed by atoms with Crippen molar-refractivity contribution < 1.29 is 28.8 Å². The summed E-state index contributed by atoms with van der Waals surface area (Å²) in [6.45, 7) is 19.0. The number of amides is 1. The quantitative estimate of drug-likeness (QED) is 0.472. The monoisotopic (exact) mass is 638 g/mol. The summed E-state index contributed by atoms with van der Waals surface area (Å²) < 4.78 is 26.0. The van der Waals surface area contributed by atoms with Gasteiger partial charge in [0.1, 0.15) is 6.10 Å². The number of nitrogens with zero attached hydrogens (tertiary/aromatic N) is 4. The molecule has 262 valence electrons. The van der Waals surface area contributed by atoms with Crippen LogP contribution in [0.5, 0.6) is 0 Å². The van der Waals surface area contributed by atoms with Gasteiger partial charge < -0.3 is 43.7 Å². The molecule has 0 saturated carbocycles. The van der Waals surface area contributed by atoms with Gasteiger partial charge in [0.25, 0.3) is 0 Å². The Morgan fingerprint density at radius 2 is 1.71 bits per heavy atom. The maximum absolute atomic E-state index is 13.2. The van der Waals surface area contributed by atoms with Crippen LogP contribution < -0.4 is 0 Å². The molecule has 10 atom stereocenters. The summed E-state index contributed by atoms with van der Waals surface area (Å²) in [5, 5.41) is 11.4. The molecule has 1 amide bonds. The number of carbonyl (C=O) groups excluding carboxylic acids is 1. The van der Waals surface area contributed by atoms with Crippen LogP contribution in [0.25, 0.3) is 0 Å². The van der Waals surface area contributed by atoms with Crippen LogP contribution in [0.15, 0.2) is 0 Å². The summed E-state index contributed by atoms with van der Waals surface area (Å²) in [5.41, 5.74) is -0.689. The summed E-state index contributed by atoms with van der Waals surface area (Å²) in [6.07, 6.45) is 1.62. The van der Waals surface area contributed by atoms with Crippen LogP contribution >= 0.6 is 0 Å². The van der Waals surface area contributed by atoms with Crippen molar-refractivity contribution in [1.29, 1.82) is 0 Å². The van der Waals surface area contributed by atoms with Gasteiger partial charge in [-0.1, -0.05) is 27.7 Å². The number of carbonyl (C=O) groups is 1. The number of likely N-dealkylation sites (N-methyl/N-ethyl adjacent to an activating group) is 2. The molecule has 10 nitrogen and oxygen atoms in total. The van der Waals surface area contributed by atoms with E-state index in [0.29, 0.717) is 31.0 Å². The fourth-order valence-electron chi connectivity index (χ4n) is 8.83. The molecule has 4 rings (SSSR count). The van der Waals surface area contributed by atoms with Crippen molar-refractivity contribution >= 4 is 5.91 Å². The van der Waals surface area contributed by atoms with Gasteiger partial charge in [-0.15, -0.1) is 0 Å². The van der Waals surface area contributed by atoms with Gasteiger partial charge in [0.15, 0.2) is 6.29 Å². The molecule has 10 heteroatoms. The molecule has 0 aromatic carbocycles. The lowest BCUT2D eigenvalue weighted by Crippen LogP contribution is -2.60. The minimum atomic E-state index is -0.752. The first-order valence-electron chi connectivity index (χ1n) is 17.5. The molecule has 4 aliphatic rings. The lowest BCUT2D eigenvalue weighted by Gasteiger charge is -2.48. The second kappa shape index (κ2) is 15.1. The second-order valence-electron chi connectivity index (χ2n) is 16.6. The van der Waals surface area contributed by atoms with E-state index in [-0.39, 0.29) is 41.5 Å². The van der Waals surface area contributed by atoms with Crippen molar-refractivity contribution in [2.24, 2.45) is 29.1 Å². The third kappa shape index (κ3) is 8.99. The standard InChI is InChI=1S/C35H66N4O6/c1-23-15-35(6,42-11)31(45-33-30(40)28(36(7)8)14-25(3)44-33)24(2)16-34(4,5)22-43-21-29(38(10)17-23)27-19-39(20-27)32(41)26-12-13-37(9)18-26/h23-31,33,40H,12-22H2,1-11H3/t23-,24-,25-,26+,28+,29+,30-,31-,33+,35-/m1/s1.